The standard InChI is InChI=1S/C29H34Cl2FN5O4/c1-16-15-36(28(38)41-29(3,4)5)11-12-37(16)23-10-9-21(39-6)26(35-23)18-13-22(27(33)34-14-18)40-17(2)24-19(30)7-8-20(32)25(24)31/h7-10,13-14,16-17H,11-12,15H2,1-6H3,(H2,33,34)/t16?,17-/m1/s1. The van der Waals surface area contributed by atoms with Gasteiger partial charge in [-0.25, -0.2) is 19.2 Å². The second-order valence-corrected chi connectivity index (χ2v) is 11.6. The van der Waals surface area contributed by atoms with E-state index in [-0.39, 0.29) is 33.7 Å². The minimum Gasteiger partial charge on any atom is -0.494 e. The highest BCUT2D eigenvalue weighted by atomic mass is 35.5. The molecule has 9 nitrogen and oxygen atoms in total. The fourth-order valence-corrected chi connectivity index (χ4v) is 5.28. The van der Waals surface area contributed by atoms with Crippen LogP contribution in [0.15, 0.2) is 36.5 Å². The van der Waals surface area contributed by atoms with Crippen molar-refractivity contribution in [2.24, 2.45) is 0 Å². The van der Waals surface area contributed by atoms with Gasteiger partial charge in [-0.3, -0.25) is 0 Å². The first-order valence-corrected chi connectivity index (χ1v) is 13.9. The number of nitrogen functional groups attached to an aromatic ring is 1. The average molecular weight is 607 g/mol. The number of ether oxygens (including phenoxy) is 3. The van der Waals surface area contributed by atoms with Gasteiger partial charge in [0.05, 0.1) is 12.1 Å². The van der Waals surface area contributed by atoms with Gasteiger partial charge < -0.3 is 29.7 Å². The molecule has 1 fully saturated rings. The monoisotopic (exact) mass is 605 g/mol. The Morgan fingerprint density at radius 2 is 1.90 bits per heavy atom. The molecular weight excluding hydrogens is 572 g/mol. The van der Waals surface area contributed by atoms with Crippen LogP contribution in [0.1, 0.15) is 46.3 Å². The molecule has 1 aromatic carbocycles. The molecule has 2 aromatic heterocycles. The molecule has 1 aliphatic heterocycles. The molecule has 1 aliphatic rings. The van der Waals surface area contributed by atoms with Crippen LogP contribution >= 0.6 is 23.2 Å². The summed E-state index contributed by atoms with van der Waals surface area (Å²) in [6.45, 7) is 10.8. The van der Waals surface area contributed by atoms with E-state index in [0.29, 0.717) is 48.0 Å². The summed E-state index contributed by atoms with van der Waals surface area (Å²) in [6.07, 6.45) is 0.518. The minimum atomic E-state index is -0.728. The zero-order valence-corrected chi connectivity index (χ0v) is 25.4. The first-order valence-electron chi connectivity index (χ1n) is 13.1. The van der Waals surface area contributed by atoms with Gasteiger partial charge in [0.25, 0.3) is 0 Å². The fourth-order valence-electron chi connectivity index (χ4n) is 4.60. The number of amides is 1. The van der Waals surface area contributed by atoms with E-state index in [1.165, 1.54) is 12.1 Å². The van der Waals surface area contributed by atoms with Crippen molar-refractivity contribution < 1.29 is 23.4 Å². The second kappa shape index (κ2) is 12.2. The largest absolute Gasteiger partial charge is 0.494 e. The van der Waals surface area contributed by atoms with Crippen molar-refractivity contribution in [1.29, 1.82) is 0 Å². The van der Waals surface area contributed by atoms with Crippen LogP contribution in [-0.2, 0) is 4.74 Å². The van der Waals surface area contributed by atoms with E-state index in [1.54, 1.807) is 31.2 Å². The number of aromatic nitrogens is 2. The van der Waals surface area contributed by atoms with Gasteiger partial charge in [0.2, 0.25) is 0 Å². The molecule has 3 aromatic rings. The molecule has 0 aliphatic carbocycles. The number of pyridine rings is 2. The zero-order chi connectivity index (χ0) is 30.1. The molecule has 1 amide bonds. The number of hydrogen-bond donors (Lipinski definition) is 1. The number of anilines is 2. The number of carbonyl (C=O) groups is 1. The third-order valence-corrected chi connectivity index (χ3v) is 7.30. The normalized spacial score (nSPS) is 16.4. The van der Waals surface area contributed by atoms with Gasteiger partial charge in [0, 0.05) is 48.0 Å². The van der Waals surface area contributed by atoms with Crippen LogP contribution in [0.5, 0.6) is 11.5 Å². The Bertz CT molecular complexity index is 1440. The number of nitrogens with zero attached hydrogens (tertiary/aromatic N) is 4. The second-order valence-electron chi connectivity index (χ2n) is 10.8. The number of hydrogen-bond acceptors (Lipinski definition) is 8. The van der Waals surface area contributed by atoms with Gasteiger partial charge in [-0.15, -0.1) is 0 Å². The summed E-state index contributed by atoms with van der Waals surface area (Å²) < 4.78 is 31.3. The predicted octanol–water partition coefficient (Wildman–Crippen LogP) is 6.77. The molecule has 1 unspecified atom stereocenters. The van der Waals surface area contributed by atoms with Crippen LogP contribution in [0.25, 0.3) is 11.3 Å². The van der Waals surface area contributed by atoms with Crippen LogP contribution in [0.3, 0.4) is 0 Å². The quantitative estimate of drug-likeness (QED) is 0.307. The maximum atomic E-state index is 14.1. The molecule has 2 atom stereocenters. The van der Waals surface area contributed by atoms with Crippen molar-refractivity contribution in [3.8, 4) is 22.8 Å². The van der Waals surface area contributed by atoms with Gasteiger partial charge >= 0.3 is 6.09 Å². The lowest BCUT2D eigenvalue weighted by Crippen LogP contribution is -2.54. The van der Waals surface area contributed by atoms with E-state index >= 15 is 0 Å². The lowest BCUT2D eigenvalue weighted by Gasteiger charge is -2.41. The van der Waals surface area contributed by atoms with Crippen LogP contribution in [0, 0.1) is 5.82 Å². The van der Waals surface area contributed by atoms with Crippen LogP contribution in [-0.4, -0.2) is 59.3 Å². The van der Waals surface area contributed by atoms with Crippen molar-refractivity contribution in [3.63, 3.8) is 0 Å². The summed E-state index contributed by atoms with van der Waals surface area (Å²) in [6, 6.07) is 8.00. The summed E-state index contributed by atoms with van der Waals surface area (Å²) in [7, 11) is 1.56. The molecule has 3 heterocycles. The van der Waals surface area contributed by atoms with Crippen molar-refractivity contribution in [2.45, 2.75) is 52.4 Å². The number of methoxy groups -OCH3 is 1. The number of piperazine rings is 1. The summed E-state index contributed by atoms with van der Waals surface area (Å²) >= 11 is 12.5. The lowest BCUT2D eigenvalue weighted by atomic mass is 10.1. The molecule has 220 valence electrons. The molecular formula is C29H34Cl2FN5O4. The minimum absolute atomic E-state index is 0.0185. The van der Waals surface area contributed by atoms with Crippen molar-refractivity contribution in [2.75, 3.05) is 37.4 Å². The zero-order valence-electron chi connectivity index (χ0n) is 23.9. The number of carbonyl (C=O) groups excluding carboxylic acids is 1. The molecule has 0 spiro atoms. The average Bonchev–Trinajstić information content (AvgIpc) is 2.91. The SMILES string of the molecule is COc1ccc(N2CCN(C(=O)OC(C)(C)C)CC2C)nc1-c1cnc(N)c(O[C@H](C)c2c(Cl)ccc(F)c2Cl)c1. The summed E-state index contributed by atoms with van der Waals surface area (Å²) in [5.74, 6) is 1.01. The third-order valence-electron chi connectivity index (χ3n) is 6.58. The molecule has 1 saturated heterocycles. The highest BCUT2D eigenvalue weighted by Gasteiger charge is 2.31. The number of halogens is 3. The van der Waals surface area contributed by atoms with E-state index in [2.05, 4.69) is 9.88 Å². The number of rotatable bonds is 6. The predicted molar refractivity (Wildman–Crippen MR) is 159 cm³/mol. The van der Waals surface area contributed by atoms with Crippen molar-refractivity contribution >= 4 is 40.9 Å². The third kappa shape index (κ3) is 6.87. The number of benzene rings is 1. The van der Waals surface area contributed by atoms with Crippen molar-refractivity contribution in [1.82, 2.24) is 14.9 Å². The Labute approximate surface area is 249 Å². The Kier molecular flexibility index (Phi) is 9.03. The van der Waals surface area contributed by atoms with Gasteiger partial charge in [0.15, 0.2) is 11.6 Å². The molecule has 41 heavy (non-hydrogen) atoms. The molecule has 0 bridgehead atoms. The van der Waals surface area contributed by atoms with Crippen LogP contribution in [0.4, 0.5) is 20.8 Å². The molecule has 4 rings (SSSR count). The van der Waals surface area contributed by atoms with Gasteiger partial charge in [0.1, 0.15) is 34.8 Å². The number of nitrogens with two attached hydrogens (primary N) is 1. The maximum absolute atomic E-state index is 14.1. The molecule has 0 saturated carbocycles. The van der Waals surface area contributed by atoms with Gasteiger partial charge in [-0.1, -0.05) is 23.2 Å². The maximum Gasteiger partial charge on any atom is 0.410 e. The Hall–Kier alpha value is -3.50. The highest BCUT2D eigenvalue weighted by molar-refractivity contribution is 6.36. The Morgan fingerprint density at radius 3 is 2.56 bits per heavy atom. The summed E-state index contributed by atoms with van der Waals surface area (Å²) in [4.78, 5) is 25.6. The smallest absolute Gasteiger partial charge is 0.410 e. The van der Waals surface area contributed by atoms with E-state index < -0.39 is 17.5 Å². The Balaban J connectivity index is 1.60. The summed E-state index contributed by atoms with van der Waals surface area (Å²) in [5, 5.41) is 0.146. The van der Waals surface area contributed by atoms with E-state index in [9.17, 15) is 9.18 Å². The van der Waals surface area contributed by atoms with Gasteiger partial charge in [-0.05, 0) is 65.0 Å². The molecule has 0 radical (unpaired) electrons. The van der Waals surface area contributed by atoms with E-state index in [0.717, 1.165) is 0 Å². The fraction of sp³-hybridized carbons (Fsp3) is 0.414. The highest BCUT2D eigenvalue weighted by Crippen LogP contribution is 2.38. The van der Waals surface area contributed by atoms with Crippen LogP contribution in [0.2, 0.25) is 10.0 Å². The first-order chi connectivity index (χ1) is 19.3. The first kappa shape index (κ1) is 30.5. The van der Waals surface area contributed by atoms with Gasteiger partial charge in [-0.2, -0.15) is 0 Å². The Morgan fingerprint density at radius 1 is 1.17 bits per heavy atom. The summed E-state index contributed by atoms with van der Waals surface area (Å²) in [5.41, 5.74) is 6.99. The molecule has 2 N–H and O–H groups in total. The topological polar surface area (TPSA) is 103 Å². The lowest BCUT2D eigenvalue weighted by molar-refractivity contribution is 0.0218. The van der Waals surface area contributed by atoms with E-state index in [1.807, 2.05) is 39.8 Å². The van der Waals surface area contributed by atoms with E-state index in [4.69, 9.17) is 48.1 Å². The van der Waals surface area contributed by atoms with Crippen molar-refractivity contribution in [3.05, 3.63) is 58.0 Å². The van der Waals surface area contributed by atoms with Crippen LogP contribution < -0.4 is 20.1 Å². The molecule has 12 heteroatoms.